The van der Waals surface area contributed by atoms with Crippen molar-refractivity contribution < 1.29 is 27.9 Å². The summed E-state index contributed by atoms with van der Waals surface area (Å²) in [5.41, 5.74) is -1.78. The Bertz CT molecular complexity index is 966. The smallest absolute Gasteiger partial charge is 0.325 e. The number of benzene rings is 2. The zero-order valence-corrected chi connectivity index (χ0v) is 15.1. The van der Waals surface area contributed by atoms with E-state index < -0.39 is 41.6 Å². The van der Waals surface area contributed by atoms with Gasteiger partial charge < -0.3 is 15.4 Å². The maximum atomic E-state index is 14.1. The Morgan fingerprint density at radius 3 is 2.64 bits per heavy atom. The third-order valence-corrected chi connectivity index (χ3v) is 4.42. The summed E-state index contributed by atoms with van der Waals surface area (Å²) >= 11 is 0. The molecule has 0 spiro atoms. The summed E-state index contributed by atoms with van der Waals surface area (Å²) in [5, 5.41) is 4.88. The lowest BCUT2D eigenvalue weighted by molar-refractivity contribution is -0.133. The molecular formula is C19H17F2N3O4. The molecule has 1 aliphatic rings. The van der Waals surface area contributed by atoms with E-state index in [2.05, 4.69) is 10.6 Å². The summed E-state index contributed by atoms with van der Waals surface area (Å²) in [4.78, 5) is 38.0. The fraction of sp³-hybridized carbons (Fsp3) is 0.211. The lowest BCUT2D eigenvalue weighted by Crippen LogP contribution is -2.42. The van der Waals surface area contributed by atoms with Gasteiger partial charge in [0.2, 0.25) is 5.91 Å². The average molecular weight is 389 g/mol. The Balaban J connectivity index is 1.80. The minimum Gasteiger partial charge on any atom is -0.495 e. The number of para-hydroxylation sites is 2. The molecule has 1 atom stereocenters. The number of hydrogen-bond acceptors (Lipinski definition) is 4. The molecule has 2 aromatic carbocycles. The van der Waals surface area contributed by atoms with Gasteiger partial charge >= 0.3 is 6.03 Å². The largest absolute Gasteiger partial charge is 0.495 e. The second-order valence-electron chi connectivity index (χ2n) is 6.32. The predicted octanol–water partition coefficient (Wildman–Crippen LogP) is 2.38. The van der Waals surface area contributed by atoms with Crippen LogP contribution in [-0.4, -0.2) is 36.4 Å². The first-order chi connectivity index (χ1) is 13.3. The van der Waals surface area contributed by atoms with E-state index in [-0.39, 0.29) is 5.56 Å². The van der Waals surface area contributed by atoms with Gasteiger partial charge in [-0.1, -0.05) is 12.1 Å². The van der Waals surface area contributed by atoms with E-state index in [1.165, 1.54) is 14.0 Å². The van der Waals surface area contributed by atoms with Gasteiger partial charge in [0.15, 0.2) is 0 Å². The molecule has 2 aromatic rings. The minimum atomic E-state index is -1.83. The molecule has 1 aliphatic heterocycles. The van der Waals surface area contributed by atoms with E-state index in [0.29, 0.717) is 16.3 Å². The number of amides is 4. The Kier molecular flexibility index (Phi) is 5.00. The maximum absolute atomic E-state index is 14.1. The molecule has 0 aromatic heterocycles. The van der Waals surface area contributed by atoms with Crippen LogP contribution < -0.4 is 15.4 Å². The van der Waals surface area contributed by atoms with Crippen LogP contribution in [0, 0.1) is 11.6 Å². The molecule has 28 heavy (non-hydrogen) atoms. The fourth-order valence-corrected chi connectivity index (χ4v) is 2.99. The van der Waals surface area contributed by atoms with Gasteiger partial charge in [0.05, 0.1) is 12.8 Å². The number of rotatable bonds is 5. The summed E-state index contributed by atoms with van der Waals surface area (Å²) in [5.74, 6) is -2.72. The molecule has 2 N–H and O–H groups in total. The molecule has 146 valence electrons. The van der Waals surface area contributed by atoms with Crippen molar-refractivity contribution in [3.05, 3.63) is 59.7 Å². The highest BCUT2D eigenvalue weighted by Gasteiger charge is 2.50. The molecular weight excluding hydrogens is 372 g/mol. The highest BCUT2D eigenvalue weighted by Crippen LogP contribution is 2.31. The number of methoxy groups -OCH3 is 1. The van der Waals surface area contributed by atoms with Gasteiger partial charge in [-0.3, -0.25) is 14.5 Å². The highest BCUT2D eigenvalue weighted by atomic mass is 19.1. The van der Waals surface area contributed by atoms with Crippen LogP contribution in [0.1, 0.15) is 12.5 Å². The zero-order chi connectivity index (χ0) is 20.5. The summed E-state index contributed by atoms with van der Waals surface area (Å²) in [6, 6.07) is 8.34. The Labute approximate surface area is 159 Å². The first-order valence-electron chi connectivity index (χ1n) is 8.29. The number of urea groups is 1. The van der Waals surface area contributed by atoms with Gasteiger partial charge in [-0.15, -0.1) is 0 Å². The van der Waals surface area contributed by atoms with E-state index >= 15 is 0 Å². The van der Waals surface area contributed by atoms with Crippen LogP contribution in [0.4, 0.5) is 19.3 Å². The molecule has 0 unspecified atom stereocenters. The van der Waals surface area contributed by atoms with E-state index in [1.54, 1.807) is 24.3 Å². The van der Waals surface area contributed by atoms with Crippen LogP contribution in [-0.2, 0) is 15.1 Å². The second kappa shape index (κ2) is 7.26. The quantitative estimate of drug-likeness (QED) is 0.769. The van der Waals surface area contributed by atoms with Gasteiger partial charge in [0.25, 0.3) is 5.91 Å². The number of carbonyl (C=O) groups is 3. The molecule has 0 saturated carbocycles. The van der Waals surface area contributed by atoms with Gasteiger partial charge in [-0.2, -0.15) is 0 Å². The minimum absolute atomic E-state index is 0.321. The molecule has 1 fully saturated rings. The summed E-state index contributed by atoms with van der Waals surface area (Å²) in [7, 11) is 1.43. The second-order valence-corrected chi connectivity index (χ2v) is 6.32. The monoisotopic (exact) mass is 389 g/mol. The lowest BCUT2D eigenvalue weighted by Gasteiger charge is -2.22. The highest BCUT2D eigenvalue weighted by molar-refractivity contribution is 6.10. The van der Waals surface area contributed by atoms with Crippen LogP contribution in [0.5, 0.6) is 5.75 Å². The van der Waals surface area contributed by atoms with Crippen LogP contribution in [0.2, 0.25) is 0 Å². The van der Waals surface area contributed by atoms with Crippen molar-refractivity contribution in [1.82, 2.24) is 10.2 Å². The zero-order valence-electron chi connectivity index (χ0n) is 15.1. The molecule has 1 saturated heterocycles. The number of nitrogens with one attached hydrogen (secondary N) is 2. The fourth-order valence-electron chi connectivity index (χ4n) is 2.99. The number of hydrogen-bond donors (Lipinski definition) is 2. The average Bonchev–Trinajstić information content (AvgIpc) is 2.88. The molecule has 7 nitrogen and oxygen atoms in total. The lowest BCUT2D eigenvalue weighted by atomic mass is 9.91. The van der Waals surface area contributed by atoms with Crippen molar-refractivity contribution in [2.45, 2.75) is 12.5 Å². The third kappa shape index (κ3) is 3.38. The first kappa shape index (κ1) is 19.3. The first-order valence-corrected chi connectivity index (χ1v) is 8.29. The standard InChI is InChI=1S/C19H17F2N3O4/c1-19(12-9-11(20)7-8-13(12)21)17(26)24(18(27)23-19)10-16(25)22-14-5-3-4-6-15(14)28-2/h3-9H,10H2,1-2H3,(H,22,25)(H,23,27)/t19-/m0/s1. The van der Waals surface area contributed by atoms with Crippen molar-refractivity contribution in [2.24, 2.45) is 0 Å². The van der Waals surface area contributed by atoms with E-state index in [9.17, 15) is 23.2 Å². The van der Waals surface area contributed by atoms with E-state index in [4.69, 9.17) is 4.74 Å². The van der Waals surface area contributed by atoms with E-state index in [1.807, 2.05) is 0 Å². The van der Waals surface area contributed by atoms with Crippen LogP contribution in [0.15, 0.2) is 42.5 Å². The van der Waals surface area contributed by atoms with Gasteiger partial charge in [-0.05, 0) is 37.3 Å². The molecule has 3 rings (SSSR count). The summed E-state index contributed by atoms with van der Waals surface area (Å²) in [6.07, 6.45) is 0. The van der Waals surface area contributed by atoms with Crippen molar-refractivity contribution in [1.29, 1.82) is 0 Å². The molecule has 0 bridgehead atoms. The number of anilines is 1. The summed E-state index contributed by atoms with van der Waals surface area (Å²) in [6.45, 7) is 0.651. The predicted molar refractivity (Wildman–Crippen MR) is 95.6 cm³/mol. The van der Waals surface area contributed by atoms with Gasteiger partial charge in [-0.25, -0.2) is 13.6 Å². The van der Waals surface area contributed by atoms with Crippen LogP contribution >= 0.6 is 0 Å². The third-order valence-electron chi connectivity index (χ3n) is 4.42. The normalized spacial score (nSPS) is 18.8. The Morgan fingerprint density at radius 1 is 1.21 bits per heavy atom. The molecule has 0 radical (unpaired) electrons. The van der Waals surface area contributed by atoms with Crippen molar-refractivity contribution in [3.63, 3.8) is 0 Å². The molecule has 1 heterocycles. The molecule has 4 amide bonds. The maximum Gasteiger partial charge on any atom is 0.325 e. The van der Waals surface area contributed by atoms with Crippen molar-refractivity contribution >= 4 is 23.5 Å². The molecule has 0 aliphatic carbocycles. The van der Waals surface area contributed by atoms with Crippen LogP contribution in [0.3, 0.4) is 0 Å². The van der Waals surface area contributed by atoms with Crippen molar-refractivity contribution in [2.75, 3.05) is 19.0 Å². The molecule has 9 heteroatoms. The van der Waals surface area contributed by atoms with Crippen LogP contribution in [0.25, 0.3) is 0 Å². The van der Waals surface area contributed by atoms with E-state index in [0.717, 1.165) is 18.2 Å². The van der Waals surface area contributed by atoms with Crippen molar-refractivity contribution in [3.8, 4) is 5.75 Å². The summed E-state index contributed by atoms with van der Waals surface area (Å²) < 4.78 is 32.8. The van der Waals surface area contributed by atoms with Gasteiger partial charge in [0.1, 0.15) is 29.5 Å². The number of halogens is 2. The SMILES string of the molecule is COc1ccccc1NC(=O)CN1C(=O)N[C@@](C)(c2cc(F)ccc2F)C1=O. The number of imide groups is 1. The number of ether oxygens (including phenoxy) is 1. The Hall–Kier alpha value is -3.49. The number of carbonyl (C=O) groups excluding carboxylic acids is 3. The topological polar surface area (TPSA) is 87.7 Å². The Morgan fingerprint density at radius 2 is 1.93 bits per heavy atom. The van der Waals surface area contributed by atoms with Gasteiger partial charge in [0, 0.05) is 5.56 Å². The number of nitrogens with zero attached hydrogens (tertiary/aromatic N) is 1.